The van der Waals surface area contributed by atoms with Crippen molar-refractivity contribution < 1.29 is 17.9 Å². The molecule has 174 valence electrons. The topological polar surface area (TPSA) is 103 Å². The number of hydrogen-bond donors (Lipinski definition) is 0. The Morgan fingerprint density at radius 3 is 2.33 bits per heavy atom. The monoisotopic (exact) mass is 470 g/mol. The molecule has 0 bridgehead atoms. The van der Waals surface area contributed by atoms with E-state index >= 15 is 0 Å². The third-order valence-electron chi connectivity index (χ3n) is 6.06. The van der Waals surface area contributed by atoms with Crippen molar-refractivity contribution in [3.05, 3.63) is 48.3 Å². The Morgan fingerprint density at radius 2 is 1.61 bits per heavy atom. The highest BCUT2D eigenvalue weighted by Gasteiger charge is 2.30. The Hall–Kier alpha value is -3.18. The van der Waals surface area contributed by atoms with Gasteiger partial charge in [-0.1, -0.05) is 0 Å². The zero-order valence-electron chi connectivity index (χ0n) is 18.6. The molecule has 0 saturated carbocycles. The maximum absolute atomic E-state index is 13.3. The summed E-state index contributed by atoms with van der Waals surface area (Å²) in [7, 11) is -3.64. The quantitative estimate of drug-likeness (QED) is 0.570. The number of imidazole rings is 1. The van der Waals surface area contributed by atoms with Gasteiger partial charge in [-0.3, -0.25) is 4.57 Å². The van der Waals surface area contributed by atoms with Crippen molar-refractivity contribution in [3.8, 4) is 17.3 Å². The van der Waals surface area contributed by atoms with Gasteiger partial charge in [0.15, 0.2) is 11.5 Å². The summed E-state index contributed by atoms with van der Waals surface area (Å²) in [4.78, 5) is 15.4. The molecule has 3 aromatic rings. The van der Waals surface area contributed by atoms with Crippen LogP contribution >= 0.6 is 0 Å². The number of rotatable bonds is 4. The number of aromatic nitrogens is 4. The first-order chi connectivity index (χ1) is 15.9. The molecule has 33 heavy (non-hydrogen) atoms. The van der Waals surface area contributed by atoms with Gasteiger partial charge < -0.3 is 14.4 Å². The molecular weight excluding hydrogens is 444 g/mol. The Morgan fingerprint density at radius 1 is 0.879 bits per heavy atom. The fourth-order valence-corrected chi connectivity index (χ4v) is 5.42. The molecule has 0 spiro atoms. The van der Waals surface area contributed by atoms with Crippen LogP contribution < -0.4 is 14.4 Å². The third kappa shape index (κ3) is 4.13. The van der Waals surface area contributed by atoms with Crippen LogP contribution in [0.4, 0.5) is 5.82 Å². The first-order valence-corrected chi connectivity index (χ1v) is 12.4. The summed E-state index contributed by atoms with van der Waals surface area (Å²) in [6.45, 7) is 6.80. The van der Waals surface area contributed by atoms with Crippen LogP contribution in [0.3, 0.4) is 0 Å². The Balaban J connectivity index is 1.31. The maximum Gasteiger partial charge on any atom is 0.243 e. The molecule has 2 aromatic heterocycles. The zero-order chi connectivity index (χ0) is 23.0. The first kappa shape index (κ1) is 21.7. The highest BCUT2D eigenvalue weighted by Crippen LogP contribution is 2.33. The second-order valence-electron chi connectivity index (χ2n) is 8.07. The first-order valence-electron chi connectivity index (χ1n) is 10.9. The number of anilines is 1. The van der Waals surface area contributed by atoms with Crippen molar-refractivity contribution in [2.75, 3.05) is 44.3 Å². The number of nitrogens with zero attached hydrogens (tertiary/aromatic N) is 6. The van der Waals surface area contributed by atoms with Crippen molar-refractivity contribution in [2.24, 2.45) is 0 Å². The van der Waals surface area contributed by atoms with Crippen LogP contribution in [0.1, 0.15) is 17.8 Å². The number of benzene rings is 1. The van der Waals surface area contributed by atoms with E-state index in [9.17, 15) is 8.42 Å². The number of piperazine rings is 1. The van der Waals surface area contributed by atoms with E-state index in [0.717, 1.165) is 29.4 Å². The van der Waals surface area contributed by atoms with Gasteiger partial charge in [0.1, 0.15) is 24.3 Å². The van der Waals surface area contributed by atoms with Gasteiger partial charge in [0.05, 0.1) is 23.8 Å². The van der Waals surface area contributed by atoms with Crippen molar-refractivity contribution in [1.82, 2.24) is 23.8 Å². The molecule has 0 amide bonds. The van der Waals surface area contributed by atoms with Crippen LogP contribution in [-0.4, -0.2) is 71.6 Å². The average molecular weight is 471 g/mol. The Bertz CT molecular complexity index is 1270. The Labute approximate surface area is 192 Å². The van der Waals surface area contributed by atoms with Crippen LogP contribution in [0, 0.1) is 13.8 Å². The number of fused-ring (bicyclic) bond motifs is 1. The highest BCUT2D eigenvalue weighted by atomic mass is 32.2. The molecule has 4 heterocycles. The van der Waals surface area contributed by atoms with E-state index in [1.165, 1.54) is 10.6 Å². The molecule has 10 nitrogen and oxygen atoms in total. The third-order valence-corrected chi connectivity index (χ3v) is 7.95. The lowest BCUT2D eigenvalue weighted by molar-refractivity contribution is 0.296. The Kier molecular flexibility index (Phi) is 5.67. The number of ether oxygens (including phenoxy) is 2. The smallest absolute Gasteiger partial charge is 0.243 e. The van der Waals surface area contributed by atoms with Crippen molar-refractivity contribution in [1.29, 1.82) is 0 Å². The van der Waals surface area contributed by atoms with E-state index in [0.29, 0.717) is 50.9 Å². The minimum absolute atomic E-state index is 0.218. The lowest BCUT2D eigenvalue weighted by Crippen LogP contribution is -2.49. The summed E-state index contributed by atoms with van der Waals surface area (Å²) in [6, 6.07) is 6.73. The number of aryl methyl sites for hydroxylation is 1. The van der Waals surface area contributed by atoms with Gasteiger partial charge in [0.2, 0.25) is 10.0 Å². The summed E-state index contributed by atoms with van der Waals surface area (Å²) in [5, 5.41) is 0. The molecule has 1 fully saturated rings. The van der Waals surface area contributed by atoms with E-state index in [4.69, 9.17) is 9.47 Å². The fraction of sp³-hybridized carbons (Fsp3) is 0.409. The van der Waals surface area contributed by atoms with Crippen molar-refractivity contribution >= 4 is 15.8 Å². The van der Waals surface area contributed by atoms with Gasteiger partial charge in [-0.2, -0.15) is 4.31 Å². The molecular formula is C22H26N6O4S. The van der Waals surface area contributed by atoms with Crippen LogP contribution in [0.2, 0.25) is 0 Å². The van der Waals surface area contributed by atoms with Gasteiger partial charge in [-0.25, -0.2) is 23.4 Å². The zero-order valence-corrected chi connectivity index (χ0v) is 19.5. The molecule has 0 N–H and O–H groups in total. The SMILES string of the molecule is Cc1ncn(-c2cc(N3CCN(S(=O)(=O)c4ccc5c(c4)OCCCO5)CC3)ncn2)c1C. The second-order valence-corrected chi connectivity index (χ2v) is 10.0. The molecule has 0 aliphatic carbocycles. The molecule has 0 atom stereocenters. The molecule has 0 radical (unpaired) electrons. The van der Waals surface area contributed by atoms with Gasteiger partial charge in [0, 0.05) is 50.4 Å². The largest absolute Gasteiger partial charge is 0.490 e. The number of sulfonamides is 1. The van der Waals surface area contributed by atoms with Crippen molar-refractivity contribution in [2.45, 2.75) is 25.2 Å². The van der Waals surface area contributed by atoms with E-state index in [-0.39, 0.29) is 4.90 Å². The van der Waals surface area contributed by atoms with Crippen LogP contribution in [0.5, 0.6) is 11.5 Å². The normalized spacial score (nSPS) is 17.1. The molecule has 0 unspecified atom stereocenters. The van der Waals surface area contributed by atoms with E-state index in [1.54, 1.807) is 24.5 Å². The molecule has 1 aromatic carbocycles. The number of hydrogen-bond acceptors (Lipinski definition) is 8. The lowest BCUT2D eigenvalue weighted by atomic mass is 10.3. The van der Waals surface area contributed by atoms with Gasteiger partial charge >= 0.3 is 0 Å². The van der Waals surface area contributed by atoms with Crippen molar-refractivity contribution in [3.63, 3.8) is 0 Å². The van der Waals surface area contributed by atoms with Crippen LogP contribution in [0.15, 0.2) is 41.8 Å². The molecule has 2 aliphatic rings. The average Bonchev–Trinajstić information content (AvgIpc) is 3.02. The predicted octanol–water partition coefficient (Wildman–Crippen LogP) is 1.95. The van der Waals surface area contributed by atoms with E-state index in [2.05, 4.69) is 19.9 Å². The van der Waals surface area contributed by atoms with Crippen LogP contribution in [-0.2, 0) is 10.0 Å². The van der Waals surface area contributed by atoms with Gasteiger partial charge in [0.25, 0.3) is 0 Å². The minimum atomic E-state index is -3.64. The highest BCUT2D eigenvalue weighted by molar-refractivity contribution is 7.89. The maximum atomic E-state index is 13.3. The lowest BCUT2D eigenvalue weighted by Gasteiger charge is -2.34. The summed E-state index contributed by atoms with van der Waals surface area (Å²) in [5.41, 5.74) is 1.97. The van der Waals surface area contributed by atoms with Crippen LogP contribution in [0.25, 0.3) is 5.82 Å². The summed E-state index contributed by atoms with van der Waals surface area (Å²) >= 11 is 0. The van der Waals surface area contributed by atoms with Gasteiger partial charge in [-0.05, 0) is 26.0 Å². The summed E-state index contributed by atoms with van der Waals surface area (Å²) in [6.07, 6.45) is 4.04. The van der Waals surface area contributed by atoms with E-state index < -0.39 is 10.0 Å². The second kappa shape index (κ2) is 8.64. The minimum Gasteiger partial charge on any atom is -0.490 e. The summed E-state index contributed by atoms with van der Waals surface area (Å²) < 4.78 is 41.2. The van der Waals surface area contributed by atoms with Gasteiger partial charge in [-0.15, -0.1) is 0 Å². The summed E-state index contributed by atoms with van der Waals surface area (Å²) in [5.74, 6) is 2.56. The van der Waals surface area contributed by atoms with E-state index in [1.807, 2.05) is 24.5 Å². The molecule has 5 rings (SSSR count). The predicted molar refractivity (Wildman–Crippen MR) is 122 cm³/mol. The molecule has 11 heteroatoms. The standard InChI is InChI=1S/C22H26N6O4S/c1-16-17(2)28(15-25-16)22-13-21(23-14-24-22)26-6-8-27(9-7-26)33(29,30)18-4-5-19-20(12-18)32-11-3-10-31-19/h4-5,12-15H,3,6-11H2,1-2H3. The molecule has 1 saturated heterocycles. The molecule has 2 aliphatic heterocycles. The fourth-order valence-electron chi connectivity index (χ4n) is 3.98.